The predicted octanol–water partition coefficient (Wildman–Crippen LogP) is 4.33. The molecule has 1 saturated heterocycles. The molecule has 26 heavy (non-hydrogen) atoms. The number of piperidine rings is 1. The minimum Gasteiger partial charge on any atom is -0.397 e. The molecule has 1 aromatic rings. The fourth-order valence-corrected chi connectivity index (χ4v) is 4.34. The molecule has 1 aliphatic carbocycles. The number of halogens is 1. The Kier molecular flexibility index (Phi) is 6.76. The molecule has 1 heterocycles. The molecule has 3 N–H and O–H groups in total. The van der Waals surface area contributed by atoms with E-state index in [0.717, 1.165) is 44.6 Å². The van der Waals surface area contributed by atoms with Crippen molar-refractivity contribution in [1.29, 1.82) is 0 Å². The summed E-state index contributed by atoms with van der Waals surface area (Å²) >= 11 is 0. The number of hydrogen-bond acceptors (Lipinski definition) is 4. The molecule has 1 aromatic carbocycles. The van der Waals surface area contributed by atoms with Gasteiger partial charge in [-0.3, -0.25) is 0 Å². The molecule has 0 unspecified atom stereocenters. The maximum atomic E-state index is 13.6. The van der Waals surface area contributed by atoms with Crippen LogP contribution in [-0.4, -0.2) is 42.8 Å². The number of nitrogen functional groups attached to an aromatic ring is 1. The molecule has 1 saturated carbocycles. The topological polar surface area (TPSA) is 50.5 Å². The van der Waals surface area contributed by atoms with Gasteiger partial charge in [0.05, 0.1) is 17.5 Å². The van der Waals surface area contributed by atoms with Crippen LogP contribution in [0.25, 0.3) is 0 Å². The number of nitrogens with zero attached hydrogens (tertiary/aromatic N) is 1. The van der Waals surface area contributed by atoms with Crippen molar-refractivity contribution < 1.29 is 9.13 Å². The minimum atomic E-state index is -0.236. The summed E-state index contributed by atoms with van der Waals surface area (Å²) in [6.07, 6.45) is 8.74. The van der Waals surface area contributed by atoms with Crippen LogP contribution in [0.15, 0.2) is 12.1 Å². The molecule has 2 fully saturated rings. The van der Waals surface area contributed by atoms with Gasteiger partial charge < -0.3 is 20.7 Å². The van der Waals surface area contributed by atoms with E-state index in [1.54, 1.807) is 6.92 Å². The van der Waals surface area contributed by atoms with E-state index in [1.807, 2.05) is 6.07 Å². The Bertz CT molecular complexity index is 587. The fraction of sp³-hybridized carbons (Fsp3) is 0.714. The molecule has 0 bridgehead atoms. The van der Waals surface area contributed by atoms with E-state index in [4.69, 9.17) is 10.5 Å². The molecule has 4 nitrogen and oxygen atoms in total. The quantitative estimate of drug-likeness (QED) is 0.739. The molecule has 2 aliphatic rings. The first-order chi connectivity index (χ1) is 12.6. The number of likely N-dealkylation sites (tertiary alicyclic amines) is 1. The van der Waals surface area contributed by atoms with Gasteiger partial charge in [-0.2, -0.15) is 0 Å². The van der Waals surface area contributed by atoms with Crippen LogP contribution in [-0.2, 0) is 4.74 Å². The lowest BCUT2D eigenvalue weighted by Gasteiger charge is -2.41. The Balaban J connectivity index is 1.49. The Morgan fingerprint density at radius 2 is 2.00 bits per heavy atom. The van der Waals surface area contributed by atoms with E-state index in [-0.39, 0.29) is 5.82 Å². The Hall–Kier alpha value is -1.33. The van der Waals surface area contributed by atoms with Crippen molar-refractivity contribution in [3.63, 3.8) is 0 Å². The first-order valence-corrected chi connectivity index (χ1v) is 10.2. The lowest BCUT2D eigenvalue weighted by Crippen LogP contribution is -2.47. The second-order valence-corrected chi connectivity index (χ2v) is 7.96. The average Bonchev–Trinajstić information content (AvgIpc) is 2.65. The van der Waals surface area contributed by atoms with Gasteiger partial charge in [0, 0.05) is 31.8 Å². The van der Waals surface area contributed by atoms with Gasteiger partial charge in [-0.15, -0.1) is 0 Å². The number of hydrogen-bond donors (Lipinski definition) is 2. The zero-order valence-corrected chi connectivity index (χ0v) is 16.3. The van der Waals surface area contributed by atoms with Crippen LogP contribution in [0.1, 0.15) is 57.4 Å². The highest BCUT2D eigenvalue weighted by atomic mass is 19.1. The highest BCUT2D eigenvalue weighted by molar-refractivity contribution is 5.67. The van der Waals surface area contributed by atoms with Crippen molar-refractivity contribution in [3.8, 4) is 0 Å². The van der Waals surface area contributed by atoms with Crippen LogP contribution in [0.2, 0.25) is 0 Å². The maximum Gasteiger partial charge on any atom is 0.128 e. The van der Waals surface area contributed by atoms with Crippen molar-refractivity contribution in [2.45, 2.75) is 77.0 Å². The van der Waals surface area contributed by atoms with Crippen LogP contribution in [0, 0.1) is 12.7 Å². The second-order valence-electron chi connectivity index (χ2n) is 7.96. The molecule has 3 rings (SSSR count). The van der Waals surface area contributed by atoms with E-state index in [1.165, 1.54) is 31.7 Å². The molecule has 2 atom stereocenters. The summed E-state index contributed by atoms with van der Waals surface area (Å²) in [5.41, 5.74) is 7.99. The SMILES string of the molecule is CCCO[C@H]1CCC[C@@H](N2CCC(Nc3cc(C)c(F)cc3N)CC2)C1. The number of nitrogens with two attached hydrogens (primary N) is 1. The largest absolute Gasteiger partial charge is 0.397 e. The van der Waals surface area contributed by atoms with Gasteiger partial charge >= 0.3 is 0 Å². The van der Waals surface area contributed by atoms with Gasteiger partial charge in [0.1, 0.15) is 5.82 Å². The third-order valence-electron chi connectivity index (χ3n) is 5.89. The molecule has 1 aliphatic heterocycles. The first kappa shape index (κ1) is 19.4. The highest BCUT2D eigenvalue weighted by Crippen LogP contribution is 2.29. The molecule has 0 aromatic heterocycles. The Morgan fingerprint density at radius 1 is 1.23 bits per heavy atom. The third-order valence-corrected chi connectivity index (χ3v) is 5.89. The van der Waals surface area contributed by atoms with Crippen molar-refractivity contribution in [2.24, 2.45) is 0 Å². The van der Waals surface area contributed by atoms with E-state index in [9.17, 15) is 4.39 Å². The average molecular weight is 364 g/mol. The van der Waals surface area contributed by atoms with Crippen LogP contribution >= 0.6 is 0 Å². The molecule has 146 valence electrons. The van der Waals surface area contributed by atoms with E-state index in [0.29, 0.717) is 29.4 Å². The van der Waals surface area contributed by atoms with Crippen LogP contribution in [0.4, 0.5) is 15.8 Å². The highest BCUT2D eigenvalue weighted by Gasteiger charge is 2.30. The second kappa shape index (κ2) is 9.05. The van der Waals surface area contributed by atoms with Gasteiger partial charge in [-0.05, 0) is 69.6 Å². The first-order valence-electron chi connectivity index (χ1n) is 10.2. The summed E-state index contributed by atoms with van der Waals surface area (Å²) in [4.78, 5) is 2.65. The molecule has 5 heteroatoms. The summed E-state index contributed by atoms with van der Waals surface area (Å²) in [5, 5.41) is 3.53. The predicted molar refractivity (Wildman–Crippen MR) is 106 cm³/mol. The smallest absolute Gasteiger partial charge is 0.128 e. The maximum absolute atomic E-state index is 13.6. The van der Waals surface area contributed by atoms with Crippen LogP contribution in [0.3, 0.4) is 0 Å². The number of aryl methyl sites for hydroxylation is 1. The monoisotopic (exact) mass is 363 g/mol. The standard InChI is InChI=1S/C21H34FN3O/c1-3-11-26-18-6-4-5-17(13-18)25-9-7-16(8-10-25)24-21-12-15(2)19(22)14-20(21)23/h12,14,16-18,24H,3-11,13,23H2,1-2H3/t17-,18+/m1/s1. The zero-order valence-electron chi connectivity index (χ0n) is 16.3. The summed E-state index contributed by atoms with van der Waals surface area (Å²) < 4.78 is 19.6. The number of benzene rings is 1. The number of anilines is 2. The van der Waals surface area contributed by atoms with Crippen molar-refractivity contribution in [2.75, 3.05) is 30.7 Å². The van der Waals surface area contributed by atoms with Gasteiger partial charge in [0.2, 0.25) is 0 Å². The lowest BCUT2D eigenvalue weighted by molar-refractivity contribution is -0.00514. The molecule has 0 radical (unpaired) electrons. The van der Waals surface area contributed by atoms with Gasteiger partial charge in [-0.1, -0.05) is 6.92 Å². The van der Waals surface area contributed by atoms with Crippen molar-refractivity contribution in [3.05, 3.63) is 23.5 Å². The van der Waals surface area contributed by atoms with Crippen LogP contribution < -0.4 is 11.1 Å². The zero-order chi connectivity index (χ0) is 18.5. The summed E-state index contributed by atoms with van der Waals surface area (Å²) in [6.45, 7) is 7.07. The van der Waals surface area contributed by atoms with Gasteiger partial charge in [-0.25, -0.2) is 4.39 Å². The normalized spacial score (nSPS) is 25.3. The van der Waals surface area contributed by atoms with E-state index < -0.39 is 0 Å². The Labute approximate surface area is 157 Å². The molecular weight excluding hydrogens is 329 g/mol. The molecule has 0 spiro atoms. The van der Waals surface area contributed by atoms with E-state index >= 15 is 0 Å². The van der Waals surface area contributed by atoms with Gasteiger partial charge in [0.15, 0.2) is 0 Å². The lowest BCUT2D eigenvalue weighted by atomic mass is 9.90. The van der Waals surface area contributed by atoms with Gasteiger partial charge in [0.25, 0.3) is 0 Å². The summed E-state index contributed by atoms with van der Waals surface area (Å²) in [6, 6.07) is 4.33. The number of rotatable bonds is 6. The number of ether oxygens (including phenoxy) is 1. The summed E-state index contributed by atoms with van der Waals surface area (Å²) in [7, 11) is 0. The molecule has 0 amide bonds. The third kappa shape index (κ3) is 4.89. The Morgan fingerprint density at radius 3 is 2.73 bits per heavy atom. The number of nitrogens with one attached hydrogen (secondary N) is 1. The minimum absolute atomic E-state index is 0.236. The van der Waals surface area contributed by atoms with Crippen molar-refractivity contribution in [1.82, 2.24) is 4.90 Å². The fourth-order valence-electron chi connectivity index (χ4n) is 4.34. The van der Waals surface area contributed by atoms with E-state index in [2.05, 4.69) is 17.1 Å². The summed E-state index contributed by atoms with van der Waals surface area (Å²) in [5.74, 6) is -0.236. The van der Waals surface area contributed by atoms with Crippen molar-refractivity contribution >= 4 is 11.4 Å². The van der Waals surface area contributed by atoms with Crippen LogP contribution in [0.5, 0.6) is 0 Å². The molecular formula is C21H34FN3O.